The van der Waals surface area contributed by atoms with Crippen LogP contribution in [-0.4, -0.2) is 33.2 Å². The van der Waals surface area contributed by atoms with Gasteiger partial charge >= 0.3 is 12.1 Å². The van der Waals surface area contributed by atoms with Crippen molar-refractivity contribution in [2.24, 2.45) is 0 Å². The van der Waals surface area contributed by atoms with E-state index in [1.807, 2.05) is 0 Å². The van der Waals surface area contributed by atoms with E-state index in [-0.39, 0.29) is 5.75 Å². The average Bonchev–Trinajstić information content (AvgIpc) is 2.48. The number of allylic oxidation sites excluding steroid dienone is 2. The largest absolute Gasteiger partial charge is 0.484 e. The number of carbonyl (C=O) groups is 1. The van der Waals surface area contributed by atoms with Gasteiger partial charge in [0, 0.05) is 12.1 Å². The molecule has 0 radical (unpaired) electrons. The summed E-state index contributed by atoms with van der Waals surface area (Å²) in [5.74, 6) is -1.91. The lowest BCUT2D eigenvalue weighted by Crippen LogP contribution is -2.50. The van der Waals surface area contributed by atoms with Gasteiger partial charge in [-0.15, -0.1) is 11.6 Å². The molecule has 0 amide bonds. The summed E-state index contributed by atoms with van der Waals surface area (Å²) in [4.78, 5) is 18.1. The molecule has 128 valence electrons. The molecule has 0 aliphatic heterocycles. The van der Waals surface area contributed by atoms with Crippen LogP contribution in [0.5, 0.6) is 5.75 Å². The van der Waals surface area contributed by atoms with E-state index in [0.29, 0.717) is 6.08 Å². The molecule has 0 bridgehead atoms. The Labute approximate surface area is 137 Å². The molecule has 0 aromatic heterocycles. The van der Waals surface area contributed by atoms with Crippen molar-refractivity contribution in [1.82, 2.24) is 0 Å². The van der Waals surface area contributed by atoms with Gasteiger partial charge in [0.25, 0.3) is 5.69 Å². The number of carboxylic acid groups (broad SMARTS) is 1. The SMILES string of the molecule is O=C(O)c1cc(OC2C=CC=CC2(Cl)C(F)(F)F)ccc1[N+](=O)[O-]. The highest BCUT2D eigenvalue weighted by molar-refractivity contribution is 6.26. The van der Waals surface area contributed by atoms with Crippen LogP contribution < -0.4 is 4.74 Å². The fourth-order valence-electron chi connectivity index (χ4n) is 2.04. The molecule has 2 unspecified atom stereocenters. The van der Waals surface area contributed by atoms with Crippen molar-refractivity contribution in [2.45, 2.75) is 17.2 Å². The Kier molecular flexibility index (Phi) is 4.57. The highest BCUT2D eigenvalue weighted by Gasteiger charge is 2.58. The summed E-state index contributed by atoms with van der Waals surface area (Å²) in [6.07, 6.45) is -2.34. The molecule has 1 N–H and O–H groups in total. The maximum atomic E-state index is 13.2. The number of nitro benzene ring substituents is 1. The van der Waals surface area contributed by atoms with Gasteiger partial charge in [-0.1, -0.05) is 18.2 Å². The van der Waals surface area contributed by atoms with Crippen molar-refractivity contribution in [3.8, 4) is 5.75 Å². The topological polar surface area (TPSA) is 89.7 Å². The number of hydrogen-bond donors (Lipinski definition) is 1. The fraction of sp³-hybridized carbons (Fsp3) is 0.214. The van der Waals surface area contributed by atoms with Crippen LogP contribution in [0.4, 0.5) is 18.9 Å². The summed E-state index contributed by atoms with van der Waals surface area (Å²) >= 11 is 5.64. The summed E-state index contributed by atoms with van der Waals surface area (Å²) < 4.78 is 44.7. The van der Waals surface area contributed by atoms with Gasteiger partial charge in [-0.3, -0.25) is 10.1 Å². The normalized spacial score (nSPS) is 23.1. The molecule has 1 aromatic rings. The molecule has 0 spiro atoms. The number of nitrogens with zero attached hydrogens (tertiary/aromatic N) is 1. The zero-order valence-corrected chi connectivity index (χ0v) is 12.4. The highest BCUT2D eigenvalue weighted by atomic mass is 35.5. The molecule has 0 fully saturated rings. The number of ether oxygens (including phenoxy) is 1. The standard InChI is InChI=1S/C14H9ClF3NO5/c15-13(14(16,17)18)6-2-1-3-11(13)24-8-4-5-10(19(22)23)9(7-8)12(20)21/h1-7,11H,(H,20,21). The van der Waals surface area contributed by atoms with Gasteiger partial charge in [0.05, 0.1) is 4.92 Å². The summed E-state index contributed by atoms with van der Waals surface area (Å²) in [5.41, 5.74) is -1.41. The first-order valence-electron chi connectivity index (χ1n) is 6.36. The van der Waals surface area contributed by atoms with Crippen LogP contribution in [0.3, 0.4) is 0 Å². The summed E-state index contributed by atoms with van der Waals surface area (Å²) in [6, 6.07) is 2.62. The zero-order chi connectivity index (χ0) is 18.1. The Balaban J connectivity index is 2.39. The van der Waals surface area contributed by atoms with E-state index in [0.717, 1.165) is 30.4 Å². The Morgan fingerprint density at radius 1 is 1.38 bits per heavy atom. The molecule has 2 rings (SSSR count). The highest BCUT2D eigenvalue weighted by Crippen LogP contribution is 2.43. The summed E-state index contributed by atoms with van der Waals surface area (Å²) in [6.45, 7) is 0. The first kappa shape index (κ1) is 17.8. The monoisotopic (exact) mass is 363 g/mol. The van der Waals surface area contributed by atoms with Crippen LogP contribution in [0.2, 0.25) is 0 Å². The molecule has 2 atom stereocenters. The van der Waals surface area contributed by atoms with Gasteiger partial charge in [-0.05, 0) is 12.1 Å². The van der Waals surface area contributed by atoms with Crippen molar-refractivity contribution in [3.05, 3.63) is 58.2 Å². The molecule has 24 heavy (non-hydrogen) atoms. The van der Waals surface area contributed by atoms with E-state index in [1.54, 1.807) is 0 Å². The molecule has 0 heterocycles. The second-order valence-electron chi connectivity index (χ2n) is 4.79. The van der Waals surface area contributed by atoms with Crippen LogP contribution in [0.15, 0.2) is 42.5 Å². The van der Waals surface area contributed by atoms with Gasteiger partial charge in [0.15, 0.2) is 4.87 Å². The third-order valence-corrected chi connectivity index (χ3v) is 3.80. The summed E-state index contributed by atoms with van der Waals surface area (Å²) in [7, 11) is 0. The molecule has 0 saturated heterocycles. The Hall–Kier alpha value is -2.55. The van der Waals surface area contributed by atoms with Gasteiger partial charge in [-0.2, -0.15) is 13.2 Å². The molecular formula is C14H9ClF3NO5. The number of carboxylic acids is 1. The number of hydrogen-bond acceptors (Lipinski definition) is 4. The average molecular weight is 364 g/mol. The molecule has 1 aromatic carbocycles. The quantitative estimate of drug-likeness (QED) is 0.500. The smallest absolute Gasteiger partial charge is 0.415 e. The van der Waals surface area contributed by atoms with E-state index >= 15 is 0 Å². The Morgan fingerprint density at radius 2 is 2.04 bits per heavy atom. The maximum Gasteiger partial charge on any atom is 0.415 e. The first-order chi connectivity index (χ1) is 11.1. The fourth-order valence-corrected chi connectivity index (χ4v) is 2.23. The lowest BCUT2D eigenvalue weighted by Gasteiger charge is -2.34. The van der Waals surface area contributed by atoms with Crippen molar-refractivity contribution in [1.29, 1.82) is 0 Å². The molecule has 1 aliphatic carbocycles. The Bertz CT molecular complexity index is 746. The second-order valence-corrected chi connectivity index (χ2v) is 5.41. The first-order valence-corrected chi connectivity index (χ1v) is 6.74. The number of alkyl halides is 4. The van der Waals surface area contributed by atoms with E-state index in [9.17, 15) is 28.1 Å². The lowest BCUT2D eigenvalue weighted by molar-refractivity contribution is -0.385. The van der Waals surface area contributed by atoms with Crippen molar-refractivity contribution < 1.29 is 32.7 Å². The van der Waals surface area contributed by atoms with E-state index in [1.165, 1.54) is 6.08 Å². The minimum Gasteiger partial charge on any atom is -0.484 e. The number of aromatic carboxylic acids is 1. The molecule has 10 heteroatoms. The predicted molar refractivity (Wildman–Crippen MR) is 77.4 cm³/mol. The second kappa shape index (κ2) is 6.16. The van der Waals surface area contributed by atoms with Crippen molar-refractivity contribution >= 4 is 23.3 Å². The third-order valence-electron chi connectivity index (χ3n) is 3.24. The molecule has 1 aliphatic rings. The number of rotatable bonds is 4. The number of benzene rings is 1. The van der Waals surface area contributed by atoms with Gasteiger partial charge in [0.1, 0.15) is 17.4 Å². The van der Waals surface area contributed by atoms with Gasteiger partial charge < -0.3 is 9.84 Å². The van der Waals surface area contributed by atoms with Crippen LogP contribution in [0.25, 0.3) is 0 Å². The molecule has 6 nitrogen and oxygen atoms in total. The van der Waals surface area contributed by atoms with E-state index in [2.05, 4.69) is 0 Å². The number of halogens is 4. The maximum absolute atomic E-state index is 13.2. The Morgan fingerprint density at radius 3 is 2.58 bits per heavy atom. The van der Waals surface area contributed by atoms with E-state index in [4.69, 9.17) is 21.4 Å². The minimum atomic E-state index is -4.84. The number of nitro groups is 1. The summed E-state index contributed by atoms with van der Waals surface area (Å²) in [5, 5.41) is 19.8. The van der Waals surface area contributed by atoms with E-state index < -0.39 is 39.3 Å². The van der Waals surface area contributed by atoms with Crippen LogP contribution in [-0.2, 0) is 0 Å². The third kappa shape index (κ3) is 3.21. The predicted octanol–water partition coefficient (Wildman–Crippen LogP) is 3.71. The van der Waals surface area contributed by atoms with Gasteiger partial charge in [-0.25, -0.2) is 4.79 Å². The zero-order valence-electron chi connectivity index (χ0n) is 11.7. The van der Waals surface area contributed by atoms with Crippen LogP contribution in [0.1, 0.15) is 10.4 Å². The lowest BCUT2D eigenvalue weighted by atomic mass is 9.95. The van der Waals surface area contributed by atoms with Crippen molar-refractivity contribution in [3.63, 3.8) is 0 Å². The van der Waals surface area contributed by atoms with Crippen LogP contribution >= 0.6 is 11.6 Å². The van der Waals surface area contributed by atoms with Crippen LogP contribution in [0, 0.1) is 10.1 Å². The van der Waals surface area contributed by atoms with Gasteiger partial charge in [0.2, 0.25) is 0 Å². The molecule has 0 saturated carbocycles. The minimum absolute atomic E-state index is 0.294. The van der Waals surface area contributed by atoms with Crippen molar-refractivity contribution in [2.75, 3.05) is 0 Å². The molecular weight excluding hydrogens is 355 g/mol.